The molecule has 0 unspecified atom stereocenters. The average molecular weight is 314 g/mol. The molecule has 1 aromatic rings. The van der Waals surface area contributed by atoms with Crippen LogP contribution in [-0.2, 0) is 20.9 Å². The summed E-state index contributed by atoms with van der Waals surface area (Å²) in [5, 5.41) is 3.77. The third kappa shape index (κ3) is 9.45. The van der Waals surface area contributed by atoms with Gasteiger partial charge in [0.25, 0.3) is 0 Å². The second-order valence-corrected chi connectivity index (χ2v) is 6.23. The summed E-state index contributed by atoms with van der Waals surface area (Å²) >= 11 is 5.81. The molecule has 4 nitrogen and oxygen atoms in total. The molecule has 0 aliphatic heterocycles. The standard InChI is InChI=1S/C16H24ClNO3/c1-16(2,3)21-15(19)11-18-9-4-10-20-12-13-5-7-14(17)8-6-13/h5-8,18H,4,9-12H2,1-3H3. The Bertz CT molecular complexity index is 426. The molecule has 0 saturated heterocycles. The lowest BCUT2D eigenvalue weighted by Gasteiger charge is -2.19. The van der Waals surface area contributed by atoms with Crippen LogP contribution < -0.4 is 5.32 Å². The van der Waals surface area contributed by atoms with Crippen molar-refractivity contribution in [3.8, 4) is 0 Å². The van der Waals surface area contributed by atoms with Gasteiger partial charge < -0.3 is 14.8 Å². The van der Waals surface area contributed by atoms with Crippen molar-refractivity contribution in [2.75, 3.05) is 19.7 Å². The van der Waals surface area contributed by atoms with Crippen LogP contribution in [0.15, 0.2) is 24.3 Å². The van der Waals surface area contributed by atoms with Crippen LogP contribution in [0.25, 0.3) is 0 Å². The number of hydrogen-bond donors (Lipinski definition) is 1. The maximum atomic E-state index is 11.4. The Balaban J connectivity index is 2.00. The summed E-state index contributed by atoms with van der Waals surface area (Å²) in [5.41, 5.74) is 0.668. The first kappa shape index (κ1) is 18.0. The number of rotatable bonds is 8. The molecule has 0 aromatic heterocycles. The number of benzene rings is 1. The fourth-order valence-corrected chi connectivity index (χ4v) is 1.76. The minimum Gasteiger partial charge on any atom is -0.459 e. The van der Waals surface area contributed by atoms with Gasteiger partial charge in [-0.3, -0.25) is 4.79 Å². The summed E-state index contributed by atoms with van der Waals surface area (Å²) in [6.45, 7) is 7.74. The lowest BCUT2D eigenvalue weighted by molar-refractivity contribution is -0.153. The largest absolute Gasteiger partial charge is 0.459 e. The number of esters is 1. The first-order chi connectivity index (χ1) is 9.87. The smallest absolute Gasteiger partial charge is 0.320 e. The zero-order valence-electron chi connectivity index (χ0n) is 12.9. The maximum Gasteiger partial charge on any atom is 0.320 e. The monoisotopic (exact) mass is 313 g/mol. The molecule has 1 N–H and O–H groups in total. The zero-order valence-corrected chi connectivity index (χ0v) is 13.7. The molecule has 0 aliphatic carbocycles. The van der Waals surface area contributed by atoms with Crippen molar-refractivity contribution in [2.24, 2.45) is 0 Å². The van der Waals surface area contributed by atoms with E-state index >= 15 is 0 Å². The molecule has 0 radical (unpaired) electrons. The Hall–Kier alpha value is -1.10. The minimum absolute atomic E-state index is 0.231. The normalized spacial score (nSPS) is 11.4. The Labute approximate surface area is 131 Å². The minimum atomic E-state index is -0.430. The molecule has 0 saturated carbocycles. The first-order valence-corrected chi connectivity index (χ1v) is 7.49. The Kier molecular flexibility index (Phi) is 7.72. The van der Waals surface area contributed by atoms with E-state index in [2.05, 4.69) is 5.32 Å². The molecule has 0 amide bonds. The number of hydrogen-bond acceptors (Lipinski definition) is 4. The third-order valence-electron chi connectivity index (χ3n) is 2.51. The molecule has 0 heterocycles. The van der Waals surface area contributed by atoms with Crippen LogP contribution in [0.1, 0.15) is 32.8 Å². The molecule has 0 aliphatic rings. The predicted molar refractivity (Wildman–Crippen MR) is 84.4 cm³/mol. The van der Waals surface area contributed by atoms with Gasteiger partial charge in [-0.15, -0.1) is 0 Å². The van der Waals surface area contributed by atoms with Gasteiger partial charge in [0.1, 0.15) is 5.60 Å². The summed E-state index contributed by atoms with van der Waals surface area (Å²) < 4.78 is 10.7. The van der Waals surface area contributed by atoms with Crippen molar-refractivity contribution in [3.05, 3.63) is 34.9 Å². The highest BCUT2D eigenvalue weighted by Crippen LogP contribution is 2.10. The topological polar surface area (TPSA) is 47.6 Å². The third-order valence-corrected chi connectivity index (χ3v) is 2.77. The van der Waals surface area contributed by atoms with Crippen LogP contribution in [0, 0.1) is 0 Å². The number of nitrogens with one attached hydrogen (secondary N) is 1. The summed E-state index contributed by atoms with van der Waals surface area (Å²) in [7, 11) is 0. The van der Waals surface area contributed by atoms with E-state index in [1.807, 2.05) is 45.0 Å². The average Bonchev–Trinajstić information content (AvgIpc) is 2.37. The maximum absolute atomic E-state index is 11.4. The Morgan fingerprint density at radius 3 is 2.52 bits per heavy atom. The van der Waals surface area contributed by atoms with Gasteiger partial charge in [0.2, 0.25) is 0 Å². The highest BCUT2D eigenvalue weighted by Gasteiger charge is 2.15. The van der Waals surface area contributed by atoms with Gasteiger partial charge in [-0.1, -0.05) is 23.7 Å². The number of ether oxygens (including phenoxy) is 2. The summed E-state index contributed by atoms with van der Waals surface area (Å²) in [6, 6.07) is 7.59. The second-order valence-electron chi connectivity index (χ2n) is 5.80. The lowest BCUT2D eigenvalue weighted by Crippen LogP contribution is -2.32. The molecule has 21 heavy (non-hydrogen) atoms. The summed E-state index contributed by atoms with van der Waals surface area (Å²) in [5.74, 6) is -0.232. The van der Waals surface area contributed by atoms with Crippen molar-refractivity contribution >= 4 is 17.6 Å². The molecule has 1 aromatic carbocycles. The van der Waals surface area contributed by atoms with Crippen LogP contribution in [0.3, 0.4) is 0 Å². The van der Waals surface area contributed by atoms with E-state index in [0.717, 1.165) is 23.6 Å². The van der Waals surface area contributed by atoms with Crippen LogP contribution in [0.5, 0.6) is 0 Å². The predicted octanol–water partition coefficient (Wildman–Crippen LogP) is 3.18. The van der Waals surface area contributed by atoms with Crippen LogP contribution in [0.2, 0.25) is 5.02 Å². The van der Waals surface area contributed by atoms with E-state index in [9.17, 15) is 4.79 Å². The molecular formula is C16H24ClNO3. The first-order valence-electron chi connectivity index (χ1n) is 7.11. The van der Waals surface area contributed by atoms with Gasteiger partial charge in [-0.05, 0) is 51.4 Å². The van der Waals surface area contributed by atoms with Gasteiger partial charge in [0, 0.05) is 11.6 Å². The van der Waals surface area contributed by atoms with Gasteiger partial charge >= 0.3 is 5.97 Å². The van der Waals surface area contributed by atoms with Crippen molar-refractivity contribution in [1.29, 1.82) is 0 Å². The zero-order chi connectivity index (χ0) is 15.7. The van der Waals surface area contributed by atoms with Crippen molar-refractivity contribution in [1.82, 2.24) is 5.32 Å². The SMILES string of the molecule is CC(C)(C)OC(=O)CNCCCOCc1ccc(Cl)cc1. The Morgan fingerprint density at radius 1 is 1.24 bits per heavy atom. The summed E-state index contributed by atoms with van der Waals surface area (Å²) in [4.78, 5) is 11.4. The summed E-state index contributed by atoms with van der Waals surface area (Å²) in [6.07, 6.45) is 0.844. The highest BCUT2D eigenvalue weighted by atomic mass is 35.5. The number of carbonyl (C=O) groups excluding carboxylic acids is 1. The van der Waals surface area contributed by atoms with Gasteiger partial charge in [0.05, 0.1) is 13.2 Å². The Morgan fingerprint density at radius 2 is 1.90 bits per heavy atom. The molecule has 0 spiro atoms. The molecule has 0 atom stereocenters. The van der Waals surface area contributed by atoms with Crippen LogP contribution in [-0.4, -0.2) is 31.3 Å². The molecule has 0 bridgehead atoms. The van der Waals surface area contributed by atoms with E-state index in [-0.39, 0.29) is 12.5 Å². The molecule has 5 heteroatoms. The lowest BCUT2D eigenvalue weighted by atomic mass is 10.2. The van der Waals surface area contributed by atoms with Crippen molar-refractivity contribution < 1.29 is 14.3 Å². The highest BCUT2D eigenvalue weighted by molar-refractivity contribution is 6.30. The van der Waals surface area contributed by atoms with Crippen molar-refractivity contribution in [3.63, 3.8) is 0 Å². The van der Waals surface area contributed by atoms with Gasteiger partial charge in [-0.2, -0.15) is 0 Å². The second kappa shape index (κ2) is 9.03. The molecule has 1 rings (SSSR count). The fraction of sp³-hybridized carbons (Fsp3) is 0.562. The molecule has 0 fully saturated rings. The number of halogens is 1. The van der Waals surface area contributed by atoms with Gasteiger partial charge in [-0.25, -0.2) is 0 Å². The van der Waals surface area contributed by atoms with Crippen LogP contribution >= 0.6 is 11.6 Å². The van der Waals surface area contributed by atoms with Crippen LogP contribution in [0.4, 0.5) is 0 Å². The molecule has 118 valence electrons. The quantitative estimate of drug-likeness (QED) is 0.591. The number of carbonyl (C=O) groups is 1. The van der Waals surface area contributed by atoms with Crippen molar-refractivity contribution in [2.45, 2.75) is 39.4 Å². The fourth-order valence-electron chi connectivity index (χ4n) is 1.64. The van der Waals surface area contributed by atoms with E-state index in [1.165, 1.54) is 0 Å². The van der Waals surface area contributed by atoms with Gasteiger partial charge in [0.15, 0.2) is 0 Å². The van der Waals surface area contributed by atoms with E-state index in [0.29, 0.717) is 13.2 Å². The molecular weight excluding hydrogens is 290 g/mol. The van der Waals surface area contributed by atoms with E-state index in [4.69, 9.17) is 21.1 Å². The van der Waals surface area contributed by atoms with E-state index < -0.39 is 5.60 Å². The van der Waals surface area contributed by atoms with E-state index in [1.54, 1.807) is 0 Å².